The molecule has 0 aliphatic heterocycles. The van der Waals surface area contributed by atoms with Crippen molar-refractivity contribution in [1.82, 2.24) is 4.90 Å². The van der Waals surface area contributed by atoms with Gasteiger partial charge in [0.2, 0.25) is 0 Å². The van der Waals surface area contributed by atoms with E-state index in [2.05, 4.69) is 6.58 Å². The third-order valence-electron chi connectivity index (χ3n) is 2.28. The van der Waals surface area contributed by atoms with Crippen molar-refractivity contribution < 1.29 is 14.6 Å². The van der Waals surface area contributed by atoms with Crippen molar-refractivity contribution in [3.05, 3.63) is 35.9 Å². The van der Waals surface area contributed by atoms with Gasteiger partial charge >= 0.3 is 0 Å². The number of methoxy groups -OCH3 is 1. The summed E-state index contributed by atoms with van der Waals surface area (Å²) in [7, 11) is 3.15. The Morgan fingerprint density at radius 1 is 1.53 bits per heavy atom. The number of likely N-dealkylation sites (N-methyl/N-ethyl adjacent to an activating group) is 1. The lowest BCUT2D eigenvalue weighted by Crippen LogP contribution is -2.28. The highest BCUT2D eigenvalue weighted by Crippen LogP contribution is 2.26. The van der Waals surface area contributed by atoms with Crippen LogP contribution >= 0.6 is 0 Å². The average molecular weight is 235 g/mol. The van der Waals surface area contributed by atoms with E-state index in [1.165, 1.54) is 13.2 Å². The van der Waals surface area contributed by atoms with E-state index < -0.39 is 0 Å². The van der Waals surface area contributed by atoms with Crippen LogP contribution in [0.1, 0.15) is 17.3 Å². The quantitative estimate of drug-likeness (QED) is 0.812. The minimum absolute atomic E-state index is 0.0397. The molecule has 1 amide bonds. The lowest BCUT2D eigenvalue weighted by Gasteiger charge is -2.17. The molecule has 1 aromatic carbocycles. The highest BCUT2D eigenvalue weighted by molar-refractivity contribution is 5.94. The van der Waals surface area contributed by atoms with Crippen molar-refractivity contribution in [2.75, 3.05) is 20.7 Å². The average Bonchev–Trinajstić information content (AvgIpc) is 2.27. The summed E-state index contributed by atoms with van der Waals surface area (Å²) in [6.45, 7) is 6.10. The van der Waals surface area contributed by atoms with Crippen molar-refractivity contribution in [3.63, 3.8) is 0 Å². The van der Waals surface area contributed by atoms with Crippen LogP contribution in [0.3, 0.4) is 0 Å². The fourth-order valence-electron chi connectivity index (χ4n) is 1.52. The minimum Gasteiger partial charge on any atom is -0.504 e. The van der Waals surface area contributed by atoms with Crippen molar-refractivity contribution in [3.8, 4) is 11.5 Å². The van der Waals surface area contributed by atoms with Gasteiger partial charge in [0.15, 0.2) is 11.5 Å². The zero-order valence-corrected chi connectivity index (χ0v) is 10.4. The first-order valence-corrected chi connectivity index (χ1v) is 5.22. The number of carbonyl (C=O) groups is 1. The number of hydrogen-bond donors (Lipinski definition) is 1. The maximum atomic E-state index is 12.0. The number of nitrogens with zero attached hydrogens (tertiary/aromatic N) is 1. The number of benzene rings is 1. The van der Waals surface area contributed by atoms with Gasteiger partial charge < -0.3 is 14.7 Å². The van der Waals surface area contributed by atoms with E-state index in [1.54, 1.807) is 24.1 Å². The number of aromatic hydroxyl groups is 1. The SMILES string of the molecule is C=C(C)CN(C)C(=O)c1ccc(OC)c(O)c1. The fourth-order valence-corrected chi connectivity index (χ4v) is 1.52. The Labute approximate surface area is 101 Å². The molecule has 0 bridgehead atoms. The molecule has 0 atom stereocenters. The predicted molar refractivity (Wildman–Crippen MR) is 66.4 cm³/mol. The molecule has 1 rings (SSSR count). The largest absolute Gasteiger partial charge is 0.504 e. The van der Waals surface area contributed by atoms with Crippen LogP contribution in [0.25, 0.3) is 0 Å². The summed E-state index contributed by atoms with van der Waals surface area (Å²) in [6.07, 6.45) is 0. The molecule has 0 aromatic heterocycles. The van der Waals surface area contributed by atoms with Gasteiger partial charge in [-0.05, 0) is 25.1 Å². The van der Waals surface area contributed by atoms with E-state index in [1.807, 2.05) is 6.92 Å². The number of hydrogen-bond acceptors (Lipinski definition) is 3. The normalized spacial score (nSPS) is 9.82. The standard InChI is InChI=1S/C13H17NO3/c1-9(2)8-14(3)13(16)10-5-6-12(17-4)11(15)7-10/h5-7,15H,1,8H2,2-4H3. The van der Waals surface area contributed by atoms with Crippen LogP contribution in [0.4, 0.5) is 0 Å². The van der Waals surface area contributed by atoms with E-state index in [-0.39, 0.29) is 11.7 Å². The maximum absolute atomic E-state index is 12.0. The number of phenolic OH excluding ortho intramolecular Hbond substituents is 1. The second-order valence-electron chi connectivity index (χ2n) is 4.00. The molecule has 0 radical (unpaired) electrons. The Hall–Kier alpha value is -1.97. The Morgan fingerprint density at radius 3 is 2.65 bits per heavy atom. The first-order chi connectivity index (χ1) is 7.95. The van der Waals surface area contributed by atoms with E-state index in [0.29, 0.717) is 17.9 Å². The van der Waals surface area contributed by atoms with E-state index in [0.717, 1.165) is 5.57 Å². The number of rotatable bonds is 4. The van der Waals surface area contributed by atoms with Gasteiger partial charge in [0.1, 0.15) is 0 Å². The van der Waals surface area contributed by atoms with Gasteiger partial charge in [-0.15, -0.1) is 0 Å². The van der Waals surface area contributed by atoms with Crippen LogP contribution in [-0.4, -0.2) is 36.6 Å². The Kier molecular flexibility index (Phi) is 4.15. The molecular weight excluding hydrogens is 218 g/mol. The summed E-state index contributed by atoms with van der Waals surface area (Å²) in [5.74, 6) is 0.150. The van der Waals surface area contributed by atoms with E-state index >= 15 is 0 Å². The lowest BCUT2D eigenvalue weighted by atomic mass is 10.1. The molecule has 1 N–H and O–H groups in total. The molecule has 0 aliphatic rings. The van der Waals surface area contributed by atoms with Crippen LogP contribution in [-0.2, 0) is 0 Å². The smallest absolute Gasteiger partial charge is 0.254 e. The summed E-state index contributed by atoms with van der Waals surface area (Å²) in [6, 6.07) is 4.59. The number of carbonyl (C=O) groups excluding carboxylic acids is 1. The molecule has 0 heterocycles. The topological polar surface area (TPSA) is 49.8 Å². The zero-order chi connectivity index (χ0) is 13.0. The predicted octanol–water partition coefficient (Wildman–Crippen LogP) is 2.05. The first-order valence-electron chi connectivity index (χ1n) is 5.22. The summed E-state index contributed by atoms with van der Waals surface area (Å²) in [5, 5.41) is 9.59. The van der Waals surface area contributed by atoms with Crippen LogP contribution in [0.2, 0.25) is 0 Å². The highest BCUT2D eigenvalue weighted by Gasteiger charge is 2.13. The molecule has 0 saturated heterocycles. The van der Waals surface area contributed by atoms with Gasteiger partial charge in [-0.1, -0.05) is 12.2 Å². The lowest BCUT2D eigenvalue weighted by molar-refractivity contribution is 0.0806. The molecule has 0 aliphatic carbocycles. The fraction of sp³-hybridized carbons (Fsp3) is 0.308. The third-order valence-corrected chi connectivity index (χ3v) is 2.28. The van der Waals surface area contributed by atoms with E-state index in [9.17, 15) is 9.90 Å². The van der Waals surface area contributed by atoms with Crippen LogP contribution in [0.15, 0.2) is 30.4 Å². The second-order valence-corrected chi connectivity index (χ2v) is 4.00. The zero-order valence-electron chi connectivity index (χ0n) is 10.4. The summed E-state index contributed by atoms with van der Waals surface area (Å²) in [4.78, 5) is 13.5. The molecule has 4 heteroatoms. The number of ether oxygens (including phenoxy) is 1. The van der Waals surface area contributed by atoms with Gasteiger partial charge in [0.25, 0.3) is 5.91 Å². The van der Waals surface area contributed by atoms with Gasteiger partial charge in [-0.2, -0.15) is 0 Å². The van der Waals surface area contributed by atoms with Crippen molar-refractivity contribution in [2.45, 2.75) is 6.92 Å². The molecule has 17 heavy (non-hydrogen) atoms. The van der Waals surface area contributed by atoms with Crippen LogP contribution in [0.5, 0.6) is 11.5 Å². The van der Waals surface area contributed by atoms with E-state index in [4.69, 9.17) is 4.74 Å². The van der Waals surface area contributed by atoms with Gasteiger partial charge in [-0.25, -0.2) is 0 Å². The molecule has 1 aromatic rings. The second kappa shape index (κ2) is 5.39. The summed E-state index contributed by atoms with van der Waals surface area (Å²) in [5.41, 5.74) is 1.32. The highest BCUT2D eigenvalue weighted by atomic mass is 16.5. The van der Waals surface area contributed by atoms with Crippen molar-refractivity contribution in [2.24, 2.45) is 0 Å². The van der Waals surface area contributed by atoms with Crippen LogP contribution in [0, 0.1) is 0 Å². The molecule has 92 valence electrons. The molecule has 0 fully saturated rings. The monoisotopic (exact) mass is 235 g/mol. The summed E-state index contributed by atoms with van der Waals surface area (Å²) < 4.78 is 4.92. The Balaban J connectivity index is 2.89. The first kappa shape index (κ1) is 13.1. The summed E-state index contributed by atoms with van der Waals surface area (Å²) >= 11 is 0. The molecule has 0 saturated carbocycles. The van der Waals surface area contributed by atoms with Gasteiger partial charge in [0.05, 0.1) is 7.11 Å². The maximum Gasteiger partial charge on any atom is 0.254 e. The Bertz CT molecular complexity index is 440. The van der Waals surface area contributed by atoms with Gasteiger partial charge in [0, 0.05) is 19.2 Å². The molecule has 0 unspecified atom stereocenters. The number of amides is 1. The molecule has 4 nitrogen and oxygen atoms in total. The van der Waals surface area contributed by atoms with Crippen LogP contribution < -0.4 is 4.74 Å². The number of phenols is 1. The molecule has 0 spiro atoms. The molecular formula is C13H17NO3. The third kappa shape index (κ3) is 3.24. The van der Waals surface area contributed by atoms with Gasteiger partial charge in [-0.3, -0.25) is 4.79 Å². The van der Waals surface area contributed by atoms with Crippen molar-refractivity contribution >= 4 is 5.91 Å². The Morgan fingerprint density at radius 2 is 2.18 bits per heavy atom. The minimum atomic E-state index is -0.161. The van der Waals surface area contributed by atoms with Crippen molar-refractivity contribution in [1.29, 1.82) is 0 Å².